The number of para-hydroxylation sites is 2. The number of benzene rings is 6. The van der Waals surface area contributed by atoms with Gasteiger partial charge in [-0.3, -0.25) is 0 Å². The maximum Gasteiger partial charge on any atom is 0.227 e. The van der Waals surface area contributed by atoms with Gasteiger partial charge < -0.3 is 14.1 Å². The summed E-state index contributed by atoms with van der Waals surface area (Å²) in [5, 5.41) is 2.12. The number of aromatic nitrogens is 1. The van der Waals surface area contributed by atoms with Crippen LogP contribution in [0.25, 0.3) is 44.5 Å². The second-order valence-corrected chi connectivity index (χ2v) is 11.5. The van der Waals surface area contributed by atoms with Crippen molar-refractivity contribution >= 4 is 38.9 Å². The molecule has 6 aromatic carbocycles. The van der Waals surface area contributed by atoms with Crippen molar-refractivity contribution in [2.24, 2.45) is 0 Å². The third kappa shape index (κ3) is 4.26. The highest BCUT2D eigenvalue weighted by Gasteiger charge is 2.33. The lowest BCUT2D eigenvalue weighted by Gasteiger charge is -2.27. The van der Waals surface area contributed by atoms with Crippen molar-refractivity contribution in [2.45, 2.75) is 12.0 Å². The van der Waals surface area contributed by atoms with Crippen molar-refractivity contribution in [3.8, 4) is 28.3 Å². The van der Waals surface area contributed by atoms with Gasteiger partial charge in [-0.2, -0.15) is 0 Å². The fourth-order valence-corrected chi connectivity index (χ4v) is 6.71. The zero-order valence-electron chi connectivity index (χ0n) is 24.4. The van der Waals surface area contributed by atoms with Crippen molar-refractivity contribution in [2.75, 3.05) is 4.90 Å². The topological polar surface area (TPSA) is 38.5 Å². The Labute approximate surface area is 261 Å². The molecule has 0 fully saturated rings. The quantitative estimate of drug-likeness (QED) is 0.203. The molecular formula is C41H28N2O2. The first-order valence-electron chi connectivity index (χ1n) is 15.3. The van der Waals surface area contributed by atoms with Crippen LogP contribution in [0.15, 0.2) is 162 Å². The number of hydrogen-bond acceptors (Lipinski definition) is 4. The van der Waals surface area contributed by atoms with Crippen molar-refractivity contribution in [3.63, 3.8) is 0 Å². The molecule has 0 radical (unpaired) electrons. The van der Waals surface area contributed by atoms with Gasteiger partial charge in [0.2, 0.25) is 5.89 Å². The molecule has 1 aliphatic carbocycles. The number of anilines is 3. The summed E-state index contributed by atoms with van der Waals surface area (Å²) in [6, 6.07) is 46.4. The molecule has 2 unspecified atom stereocenters. The van der Waals surface area contributed by atoms with E-state index in [2.05, 4.69) is 132 Å². The van der Waals surface area contributed by atoms with Crippen LogP contribution in [0.3, 0.4) is 0 Å². The van der Waals surface area contributed by atoms with Crippen LogP contribution < -0.4 is 9.64 Å². The first kappa shape index (κ1) is 25.6. The molecule has 9 rings (SSSR count). The molecule has 45 heavy (non-hydrogen) atoms. The average molecular weight is 581 g/mol. The molecular weight excluding hydrogens is 552 g/mol. The molecule has 0 saturated heterocycles. The van der Waals surface area contributed by atoms with Gasteiger partial charge in [0.15, 0.2) is 5.58 Å². The number of hydrogen-bond donors (Lipinski definition) is 0. The smallest absolute Gasteiger partial charge is 0.227 e. The minimum atomic E-state index is 0.0601. The average Bonchev–Trinajstić information content (AvgIpc) is 3.72. The predicted octanol–water partition coefficient (Wildman–Crippen LogP) is 10.8. The van der Waals surface area contributed by atoms with Gasteiger partial charge >= 0.3 is 0 Å². The lowest BCUT2D eigenvalue weighted by molar-refractivity contribution is 0.270. The Balaban J connectivity index is 1.15. The highest BCUT2D eigenvalue weighted by atomic mass is 16.5. The molecule has 2 aliphatic rings. The van der Waals surface area contributed by atoms with Gasteiger partial charge in [0.05, 0.1) is 5.69 Å². The Morgan fingerprint density at radius 1 is 0.578 bits per heavy atom. The van der Waals surface area contributed by atoms with Gasteiger partial charge in [-0.1, -0.05) is 97.1 Å². The zero-order chi connectivity index (χ0) is 29.7. The molecule has 0 bridgehead atoms. The predicted molar refractivity (Wildman–Crippen MR) is 183 cm³/mol. The van der Waals surface area contributed by atoms with E-state index >= 15 is 0 Å². The number of nitrogens with zero attached hydrogens (tertiary/aromatic N) is 2. The van der Waals surface area contributed by atoms with E-state index in [9.17, 15) is 0 Å². The third-order valence-electron chi connectivity index (χ3n) is 8.84. The number of ether oxygens (including phenoxy) is 1. The van der Waals surface area contributed by atoms with E-state index in [-0.39, 0.29) is 12.0 Å². The zero-order valence-corrected chi connectivity index (χ0v) is 24.4. The number of rotatable bonds is 5. The van der Waals surface area contributed by atoms with Gasteiger partial charge in [-0.25, -0.2) is 4.98 Å². The lowest BCUT2D eigenvalue weighted by Crippen LogP contribution is -2.15. The van der Waals surface area contributed by atoms with E-state index in [4.69, 9.17) is 14.1 Å². The largest absolute Gasteiger partial charge is 0.484 e. The summed E-state index contributed by atoms with van der Waals surface area (Å²) in [5.41, 5.74) is 9.30. The van der Waals surface area contributed by atoms with Gasteiger partial charge in [-0.15, -0.1) is 0 Å². The minimum Gasteiger partial charge on any atom is -0.484 e. The molecule has 0 N–H and O–H groups in total. The highest BCUT2D eigenvalue weighted by Crippen LogP contribution is 2.47. The molecule has 4 heteroatoms. The maximum absolute atomic E-state index is 6.46. The number of fused-ring (bicyclic) bond motifs is 6. The first-order chi connectivity index (χ1) is 22.3. The van der Waals surface area contributed by atoms with Gasteiger partial charge in [0, 0.05) is 44.8 Å². The van der Waals surface area contributed by atoms with E-state index in [0.29, 0.717) is 5.89 Å². The van der Waals surface area contributed by atoms with E-state index in [1.807, 2.05) is 30.3 Å². The molecule has 0 amide bonds. The van der Waals surface area contributed by atoms with Crippen LogP contribution >= 0.6 is 0 Å². The van der Waals surface area contributed by atoms with Crippen LogP contribution in [0, 0.1) is 0 Å². The lowest BCUT2D eigenvalue weighted by atomic mass is 9.90. The second-order valence-electron chi connectivity index (χ2n) is 11.5. The molecule has 214 valence electrons. The molecule has 2 atom stereocenters. The summed E-state index contributed by atoms with van der Waals surface area (Å²) in [7, 11) is 0. The monoisotopic (exact) mass is 580 g/mol. The second kappa shape index (κ2) is 10.4. The summed E-state index contributed by atoms with van der Waals surface area (Å²) in [6.07, 6.45) is 8.63. The van der Waals surface area contributed by atoms with Gasteiger partial charge in [0.25, 0.3) is 0 Å². The minimum absolute atomic E-state index is 0.0601. The number of oxazole rings is 1. The molecule has 4 nitrogen and oxygen atoms in total. The highest BCUT2D eigenvalue weighted by molar-refractivity contribution is 6.10. The Bertz CT molecular complexity index is 2250. The summed E-state index contributed by atoms with van der Waals surface area (Å²) in [4.78, 5) is 7.12. The Morgan fingerprint density at radius 3 is 2.18 bits per heavy atom. The van der Waals surface area contributed by atoms with Crippen LogP contribution in [-0.4, -0.2) is 11.1 Å². The molecule has 0 saturated carbocycles. The van der Waals surface area contributed by atoms with Crippen LogP contribution in [0.2, 0.25) is 0 Å². The Hall–Kier alpha value is -5.87. The van der Waals surface area contributed by atoms with Crippen molar-refractivity contribution in [3.05, 3.63) is 163 Å². The van der Waals surface area contributed by atoms with Gasteiger partial charge in [0.1, 0.15) is 17.4 Å². The fraction of sp³-hybridized carbons (Fsp3) is 0.0488. The fourth-order valence-electron chi connectivity index (χ4n) is 6.71. The Morgan fingerprint density at radius 2 is 1.33 bits per heavy atom. The first-order valence-corrected chi connectivity index (χ1v) is 15.3. The molecule has 2 heterocycles. The summed E-state index contributed by atoms with van der Waals surface area (Å²) < 4.78 is 12.9. The molecule has 1 aromatic heterocycles. The van der Waals surface area contributed by atoms with E-state index < -0.39 is 0 Å². The molecule has 1 aliphatic heterocycles. The van der Waals surface area contributed by atoms with Crippen LogP contribution in [0.5, 0.6) is 5.75 Å². The van der Waals surface area contributed by atoms with E-state index in [0.717, 1.165) is 61.4 Å². The van der Waals surface area contributed by atoms with E-state index in [1.165, 1.54) is 5.56 Å². The van der Waals surface area contributed by atoms with Crippen LogP contribution in [-0.2, 0) is 0 Å². The van der Waals surface area contributed by atoms with Gasteiger partial charge in [-0.05, 0) is 66.2 Å². The van der Waals surface area contributed by atoms with Crippen molar-refractivity contribution < 1.29 is 9.15 Å². The summed E-state index contributed by atoms with van der Waals surface area (Å²) >= 11 is 0. The van der Waals surface area contributed by atoms with Crippen molar-refractivity contribution in [1.82, 2.24) is 4.98 Å². The standard InChI is InChI=1S/C41H28N2O2/c1-3-11-28(12-4-1)41-42-36-26-25-32-34(40(36)45-41)18-10-19-37(32)43(29-13-5-2-6-14-29)30-23-21-27(22-24-30)31-16-9-17-35-33-15-7-8-20-38(33)44-39(31)35/h1-26,33,38H. The molecule has 7 aromatic rings. The number of allylic oxidation sites excluding steroid dienone is 2. The third-order valence-corrected chi connectivity index (χ3v) is 8.84. The normalized spacial score (nSPS) is 16.4. The SMILES string of the molecule is C1=CC2Oc3c(-c4ccc(N(c5ccccc5)c5cccc6c5ccc5nc(-c7ccccc7)oc56)cc4)cccc3C2C=C1. The van der Waals surface area contributed by atoms with Crippen molar-refractivity contribution in [1.29, 1.82) is 0 Å². The Kier molecular flexibility index (Phi) is 5.91. The summed E-state index contributed by atoms with van der Waals surface area (Å²) in [6.45, 7) is 0. The molecule has 0 spiro atoms. The van der Waals surface area contributed by atoms with Crippen LogP contribution in [0.1, 0.15) is 11.5 Å². The summed E-state index contributed by atoms with van der Waals surface area (Å²) in [5.74, 6) is 1.88. The maximum atomic E-state index is 6.46. The van der Waals surface area contributed by atoms with Crippen LogP contribution in [0.4, 0.5) is 17.1 Å². The van der Waals surface area contributed by atoms with E-state index in [1.54, 1.807) is 0 Å².